The molecule has 7 heteroatoms. The Morgan fingerprint density at radius 2 is 1.84 bits per heavy atom. The van der Waals surface area contributed by atoms with E-state index in [0.717, 1.165) is 21.3 Å². The van der Waals surface area contributed by atoms with Crippen LogP contribution in [0.1, 0.15) is 16.7 Å². The molecule has 3 aromatic rings. The number of benzene rings is 3. The highest BCUT2D eigenvalue weighted by molar-refractivity contribution is 9.10. The summed E-state index contributed by atoms with van der Waals surface area (Å²) < 4.78 is 6.95. The number of amides is 1. The Morgan fingerprint density at radius 1 is 1.10 bits per heavy atom. The van der Waals surface area contributed by atoms with Crippen LogP contribution in [0.25, 0.3) is 6.08 Å². The third-order valence-electron chi connectivity index (χ3n) is 4.48. The summed E-state index contributed by atoms with van der Waals surface area (Å²) in [5, 5.41) is 3.97. The van der Waals surface area contributed by atoms with E-state index in [-0.39, 0.29) is 5.91 Å². The van der Waals surface area contributed by atoms with E-state index in [9.17, 15) is 4.79 Å². The van der Waals surface area contributed by atoms with Gasteiger partial charge in [-0.25, -0.2) is 4.99 Å². The van der Waals surface area contributed by atoms with E-state index in [4.69, 9.17) is 16.3 Å². The van der Waals surface area contributed by atoms with Crippen molar-refractivity contribution in [3.05, 3.63) is 97.8 Å². The van der Waals surface area contributed by atoms with Gasteiger partial charge in [-0.15, -0.1) is 0 Å². The summed E-state index contributed by atoms with van der Waals surface area (Å²) >= 11 is 10.7. The second kappa shape index (κ2) is 9.73. The Hall–Kier alpha value is -2.54. The van der Waals surface area contributed by atoms with Crippen LogP contribution in [-0.2, 0) is 11.4 Å². The van der Waals surface area contributed by atoms with Gasteiger partial charge in [0.2, 0.25) is 0 Å². The standard InChI is InChI=1S/C24H18BrClN2O2S/c1-15-2-4-16(5-3-15)14-30-21-11-6-18(25)12-17(21)13-22-23(29)28-24(31-22)27-20-9-7-19(26)8-10-20/h2-13H,14H2,1H3,(H,27,28,29)/b22-13-. The zero-order valence-corrected chi connectivity index (χ0v) is 19.7. The molecule has 1 fully saturated rings. The minimum Gasteiger partial charge on any atom is -0.488 e. The van der Waals surface area contributed by atoms with Crippen molar-refractivity contribution in [2.45, 2.75) is 13.5 Å². The molecule has 156 valence electrons. The molecule has 0 spiro atoms. The van der Waals surface area contributed by atoms with Crippen LogP contribution in [0.5, 0.6) is 5.75 Å². The molecule has 1 aliphatic heterocycles. The number of aryl methyl sites for hydroxylation is 1. The van der Waals surface area contributed by atoms with Crippen LogP contribution in [0.4, 0.5) is 5.69 Å². The van der Waals surface area contributed by atoms with Crippen molar-refractivity contribution in [3.8, 4) is 5.75 Å². The largest absolute Gasteiger partial charge is 0.488 e. The van der Waals surface area contributed by atoms with Gasteiger partial charge >= 0.3 is 0 Å². The Bertz CT molecular complexity index is 1180. The van der Waals surface area contributed by atoms with E-state index in [1.807, 2.05) is 36.4 Å². The van der Waals surface area contributed by atoms with Gasteiger partial charge in [0, 0.05) is 15.1 Å². The first-order chi connectivity index (χ1) is 15.0. The lowest BCUT2D eigenvalue weighted by atomic mass is 10.1. The van der Waals surface area contributed by atoms with Gasteiger partial charge in [0.1, 0.15) is 12.4 Å². The molecule has 4 nitrogen and oxygen atoms in total. The smallest absolute Gasteiger partial charge is 0.264 e. The Balaban J connectivity index is 1.54. The van der Waals surface area contributed by atoms with E-state index < -0.39 is 0 Å². The van der Waals surface area contributed by atoms with Crippen molar-refractivity contribution in [3.63, 3.8) is 0 Å². The summed E-state index contributed by atoms with van der Waals surface area (Å²) in [7, 11) is 0. The van der Waals surface area contributed by atoms with Crippen molar-refractivity contribution in [2.24, 2.45) is 4.99 Å². The zero-order valence-electron chi connectivity index (χ0n) is 16.6. The fourth-order valence-corrected chi connectivity index (χ4v) is 4.20. The highest BCUT2D eigenvalue weighted by Crippen LogP contribution is 2.32. The molecule has 0 atom stereocenters. The quantitative estimate of drug-likeness (QED) is 0.378. The number of nitrogens with one attached hydrogen (secondary N) is 1. The van der Waals surface area contributed by atoms with Crippen LogP contribution in [0.2, 0.25) is 5.02 Å². The number of aliphatic imine (C=N–C) groups is 1. The molecule has 0 saturated carbocycles. The fourth-order valence-electron chi connectivity index (χ4n) is 2.86. The van der Waals surface area contributed by atoms with Gasteiger partial charge in [0.05, 0.1) is 10.6 Å². The predicted octanol–water partition coefficient (Wildman–Crippen LogP) is 6.88. The molecule has 1 heterocycles. The van der Waals surface area contributed by atoms with E-state index in [2.05, 4.69) is 45.3 Å². The van der Waals surface area contributed by atoms with Crippen LogP contribution in [-0.4, -0.2) is 11.1 Å². The zero-order chi connectivity index (χ0) is 21.8. The average Bonchev–Trinajstić information content (AvgIpc) is 3.09. The molecule has 1 amide bonds. The summed E-state index contributed by atoms with van der Waals surface area (Å²) in [5.41, 5.74) is 3.82. The summed E-state index contributed by atoms with van der Waals surface area (Å²) in [6.07, 6.45) is 1.82. The third kappa shape index (κ3) is 5.79. The lowest BCUT2D eigenvalue weighted by molar-refractivity contribution is -0.115. The second-order valence-corrected chi connectivity index (χ2v) is 9.30. The maximum Gasteiger partial charge on any atom is 0.264 e. The number of halogens is 2. The lowest BCUT2D eigenvalue weighted by Gasteiger charge is -2.10. The van der Waals surface area contributed by atoms with Crippen LogP contribution in [0, 0.1) is 6.92 Å². The molecule has 3 aromatic carbocycles. The van der Waals surface area contributed by atoms with Gasteiger partial charge in [0.15, 0.2) is 5.17 Å². The molecule has 0 radical (unpaired) electrons. The fraction of sp³-hybridized carbons (Fsp3) is 0.0833. The van der Waals surface area contributed by atoms with Crippen molar-refractivity contribution < 1.29 is 9.53 Å². The van der Waals surface area contributed by atoms with Crippen molar-refractivity contribution in [2.75, 3.05) is 0 Å². The summed E-state index contributed by atoms with van der Waals surface area (Å²) in [5.74, 6) is 0.509. The Labute approximate surface area is 198 Å². The second-order valence-electron chi connectivity index (χ2n) is 6.91. The Kier molecular flexibility index (Phi) is 6.80. The monoisotopic (exact) mass is 512 g/mol. The van der Waals surface area contributed by atoms with Gasteiger partial charge < -0.3 is 10.1 Å². The number of ether oxygens (including phenoxy) is 1. The van der Waals surface area contributed by atoms with Gasteiger partial charge in [-0.1, -0.05) is 57.4 Å². The SMILES string of the molecule is Cc1ccc(COc2ccc(Br)cc2/C=C2\SC(=Nc3ccc(Cl)cc3)NC2=O)cc1. The van der Waals surface area contributed by atoms with E-state index in [1.165, 1.54) is 17.3 Å². The molecule has 31 heavy (non-hydrogen) atoms. The van der Waals surface area contributed by atoms with Gasteiger partial charge in [-0.2, -0.15) is 0 Å². The summed E-state index contributed by atoms with van der Waals surface area (Å²) in [6, 6.07) is 21.1. The number of hydrogen-bond donors (Lipinski definition) is 1. The predicted molar refractivity (Wildman–Crippen MR) is 132 cm³/mol. The topological polar surface area (TPSA) is 50.7 Å². The maximum absolute atomic E-state index is 12.5. The number of thioether (sulfide) groups is 1. The molecule has 4 rings (SSSR count). The molecule has 1 aliphatic rings. The molecule has 0 aromatic heterocycles. The minimum atomic E-state index is -0.192. The Morgan fingerprint density at radius 3 is 2.58 bits per heavy atom. The molecular weight excluding hydrogens is 496 g/mol. The first-order valence-corrected chi connectivity index (χ1v) is 11.5. The van der Waals surface area contributed by atoms with Gasteiger partial charge in [-0.3, -0.25) is 4.79 Å². The van der Waals surface area contributed by atoms with E-state index in [0.29, 0.717) is 27.5 Å². The number of hydrogen-bond acceptors (Lipinski definition) is 4. The van der Waals surface area contributed by atoms with Crippen LogP contribution >= 0.6 is 39.3 Å². The van der Waals surface area contributed by atoms with Crippen LogP contribution < -0.4 is 10.1 Å². The molecular formula is C24H18BrClN2O2S. The minimum absolute atomic E-state index is 0.192. The first-order valence-electron chi connectivity index (χ1n) is 9.49. The van der Waals surface area contributed by atoms with Crippen molar-refractivity contribution >= 4 is 62.1 Å². The maximum atomic E-state index is 12.5. The lowest BCUT2D eigenvalue weighted by Crippen LogP contribution is -2.19. The number of carbonyl (C=O) groups excluding carboxylic acids is 1. The summed E-state index contributed by atoms with van der Waals surface area (Å²) in [4.78, 5) is 17.5. The van der Waals surface area contributed by atoms with E-state index >= 15 is 0 Å². The molecule has 0 unspecified atom stereocenters. The molecule has 0 aliphatic carbocycles. The highest BCUT2D eigenvalue weighted by Gasteiger charge is 2.24. The highest BCUT2D eigenvalue weighted by atomic mass is 79.9. The number of carbonyl (C=O) groups is 1. The van der Waals surface area contributed by atoms with Crippen molar-refractivity contribution in [1.29, 1.82) is 0 Å². The number of amidine groups is 1. The first kappa shape index (κ1) is 21.7. The average molecular weight is 514 g/mol. The van der Waals surface area contributed by atoms with Crippen LogP contribution in [0.15, 0.2) is 81.1 Å². The van der Waals surface area contributed by atoms with Gasteiger partial charge in [-0.05, 0) is 72.8 Å². The molecule has 1 saturated heterocycles. The normalized spacial score (nSPS) is 16.0. The third-order valence-corrected chi connectivity index (χ3v) is 6.14. The number of nitrogens with zero attached hydrogens (tertiary/aromatic N) is 1. The van der Waals surface area contributed by atoms with Crippen LogP contribution in [0.3, 0.4) is 0 Å². The van der Waals surface area contributed by atoms with Gasteiger partial charge in [0.25, 0.3) is 5.91 Å². The number of rotatable bonds is 5. The van der Waals surface area contributed by atoms with Crippen molar-refractivity contribution in [1.82, 2.24) is 5.32 Å². The van der Waals surface area contributed by atoms with E-state index in [1.54, 1.807) is 24.3 Å². The summed E-state index contributed by atoms with van der Waals surface area (Å²) in [6.45, 7) is 2.50. The molecule has 0 bridgehead atoms. The molecule has 1 N–H and O–H groups in total.